The van der Waals surface area contributed by atoms with Crippen molar-refractivity contribution in [3.05, 3.63) is 21.9 Å². The highest BCUT2D eigenvalue weighted by Gasteiger charge is 2.12. The summed E-state index contributed by atoms with van der Waals surface area (Å²) < 4.78 is 4.87. The fraction of sp³-hybridized carbons (Fsp3) is 0.143. The molecule has 0 spiro atoms. The number of aromatic nitrogens is 1. The summed E-state index contributed by atoms with van der Waals surface area (Å²) in [5, 5.41) is 9.01. The molecule has 62 valence electrons. The smallest absolute Gasteiger partial charge is 0.159 e. The van der Waals surface area contributed by atoms with E-state index in [1.54, 1.807) is 0 Å². The summed E-state index contributed by atoms with van der Waals surface area (Å²) in [4.78, 5) is 3.69. The molecule has 3 nitrogen and oxygen atoms in total. The highest BCUT2D eigenvalue weighted by atomic mass is 35.5. The van der Waals surface area contributed by atoms with Crippen molar-refractivity contribution in [2.45, 2.75) is 0 Å². The fourth-order valence-electron chi connectivity index (χ4n) is 0.746. The van der Waals surface area contributed by atoms with Gasteiger partial charge in [0.2, 0.25) is 0 Å². The van der Waals surface area contributed by atoms with E-state index < -0.39 is 0 Å². The maximum absolute atomic E-state index is 8.64. The molecule has 0 N–H and O–H groups in total. The second-order valence-corrected chi connectivity index (χ2v) is 2.68. The number of rotatable bonds is 1. The topological polar surface area (TPSA) is 45.9 Å². The van der Waals surface area contributed by atoms with Gasteiger partial charge >= 0.3 is 0 Å². The van der Waals surface area contributed by atoms with Gasteiger partial charge in [0.1, 0.15) is 16.7 Å². The molecule has 5 heteroatoms. The summed E-state index contributed by atoms with van der Waals surface area (Å²) in [5.74, 6) is 0.263. The minimum Gasteiger partial charge on any atom is -0.494 e. The summed E-state index contributed by atoms with van der Waals surface area (Å²) in [6.07, 6.45) is 1.34. The molecule has 0 amide bonds. The zero-order chi connectivity index (χ0) is 9.14. The van der Waals surface area contributed by atoms with Crippen molar-refractivity contribution in [3.63, 3.8) is 0 Å². The van der Waals surface area contributed by atoms with Crippen molar-refractivity contribution in [2.75, 3.05) is 7.11 Å². The number of methoxy groups -OCH3 is 1. The second kappa shape index (κ2) is 3.61. The van der Waals surface area contributed by atoms with E-state index >= 15 is 0 Å². The Morgan fingerprint density at radius 2 is 2.25 bits per heavy atom. The van der Waals surface area contributed by atoms with Crippen LogP contribution in [0, 0.1) is 11.3 Å². The molecule has 0 aromatic carbocycles. The van der Waals surface area contributed by atoms with Crippen LogP contribution in [0.4, 0.5) is 0 Å². The minimum absolute atomic E-state index is 0.0961. The van der Waals surface area contributed by atoms with Gasteiger partial charge in [-0.1, -0.05) is 23.2 Å². The van der Waals surface area contributed by atoms with Gasteiger partial charge in [0, 0.05) is 0 Å². The molecular weight excluding hydrogens is 199 g/mol. The molecule has 0 saturated heterocycles. The third kappa shape index (κ3) is 1.45. The zero-order valence-electron chi connectivity index (χ0n) is 6.14. The van der Waals surface area contributed by atoms with Gasteiger partial charge in [-0.25, -0.2) is 4.98 Å². The lowest BCUT2D eigenvalue weighted by Crippen LogP contribution is -1.91. The normalized spacial score (nSPS) is 9.17. The van der Waals surface area contributed by atoms with Crippen molar-refractivity contribution in [3.8, 4) is 11.8 Å². The van der Waals surface area contributed by atoms with Crippen molar-refractivity contribution < 1.29 is 4.74 Å². The lowest BCUT2D eigenvalue weighted by Gasteiger charge is -2.04. The van der Waals surface area contributed by atoms with E-state index in [1.807, 2.05) is 6.07 Å². The lowest BCUT2D eigenvalue weighted by molar-refractivity contribution is 0.413. The molecule has 0 aliphatic rings. The number of hydrogen-bond acceptors (Lipinski definition) is 3. The molecule has 12 heavy (non-hydrogen) atoms. The largest absolute Gasteiger partial charge is 0.494 e. The monoisotopic (exact) mass is 202 g/mol. The molecule has 0 unspecified atom stereocenters. The van der Waals surface area contributed by atoms with E-state index in [9.17, 15) is 0 Å². The Morgan fingerprint density at radius 3 is 2.67 bits per heavy atom. The van der Waals surface area contributed by atoms with Crippen molar-refractivity contribution in [2.24, 2.45) is 0 Å². The minimum atomic E-state index is 0.0961. The Labute approximate surface area is 79.5 Å². The van der Waals surface area contributed by atoms with Crippen LogP contribution in [0.15, 0.2) is 6.20 Å². The molecule has 0 fully saturated rings. The molecule has 0 saturated carbocycles. The lowest BCUT2D eigenvalue weighted by atomic mass is 10.3. The first-order valence-corrected chi connectivity index (χ1v) is 3.74. The van der Waals surface area contributed by atoms with E-state index in [2.05, 4.69) is 4.98 Å². The van der Waals surface area contributed by atoms with Gasteiger partial charge in [-0.05, 0) is 0 Å². The van der Waals surface area contributed by atoms with Crippen LogP contribution in [0.5, 0.6) is 5.75 Å². The number of ether oxygens (including phenoxy) is 1. The Hall–Kier alpha value is -0.980. The summed E-state index contributed by atoms with van der Waals surface area (Å²) >= 11 is 11.3. The molecule has 0 atom stereocenters. The third-order valence-corrected chi connectivity index (χ3v) is 1.81. The van der Waals surface area contributed by atoms with Gasteiger partial charge in [-0.3, -0.25) is 0 Å². The third-order valence-electron chi connectivity index (χ3n) is 1.26. The summed E-state index contributed by atoms with van der Waals surface area (Å²) in [7, 11) is 1.42. The van der Waals surface area contributed by atoms with E-state index in [4.69, 9.17) is 33.2 Å². The zero-order valence-corrected chi connectivity index (χ0v) is 7.65. The van der Waals surface area contributed by atoms with Crippen LogP contribution in [-0.4, -0.2) is 12.1 Å². The van der Waals surface area contributed by atoms with Crippen molar-refractivity contribution >= 4 is 23.2 Å². The average Bonchev–Trinajstić information content (AvgIpc) is 2.08. The number of halogens is 2. The van der Waals surface area contributed by atoms with E-state index in [0.717, 1.165) is 0 Å². The predicted molar refractivity (Wildman–Crippen MR) is 45.5 cm³/mol. The second-order valence-electron chi connectivity index (χ2n) is 1.92. The number of nitrogens with zero attached hydrogens (tertiary/aromatic N) is 2. The Morgan fingerprint density at radius 1 is 1.58 bits per heavy atom. The van der Waals surface area contributed by atoms with Crippen molar-refractivity contribution in [1.29, 1.82) is 5.26 Å². The number of hydrogen-bond donors (Lipinski definition) is 0. The first-order valence-electron chi connectivity index (χ1n) is 2.98. The summed E-state index contributed by atoms with van der Waals surface area (Å²) in [6.45, 7) is 0. The Balaban J connectivity index is 3.41. The number of nitriles is 1. The van der Waals surface area contributed by atoms with Crippen molar-refractivity contribution in [1.82, 2.24) is 4.98 Å². The van der Waals surface area contributed by atoms with Gasteiger partial charge < -0.3 is 4.74 Å². The highest BCUT2D eigenvalue weighted by molar-refractivity contribution is 6.34. The van der Waals surface area contributed by atoms with Gasteiger partial charge in [0.25, 0.3) is 0 Å². The van der Waals surface area contributed by atoms with Crippen LogP contribution >= 0.6 is 23.2 Å². The highest BCUT2D eigenvalue weighted by Crippen LogP contribution is 2.30. The molecule has 0 aliphatic heterocycles. The molecule has 1 heterocycles. The quantitative estimate of drug-likeness (QED) is 0.657. The average molecular weight is 203 g/mol. The van der Waals surface area contributed by atoms with Gasteiger partial charge in [-0.2, -0.15) is 5.26 Å². The van der Waals surface area contributed by atoms with Crippen LogP contribution in [-0.2, 0) is 0 Å². The first kappa shape index (κ1) is 9.11. The van der Waals surface area contributed by atoms with E-state index in [0.29, 0.717) is 0 Å². The SMILES string of the molecule is COc1c(Cl)cnc(Cl)c1C#N. The van der Waals surface area contributed by atoms with Crippen LogP contribution < -0.4 is 4.74 Å². The fourth-order valence-corrected chi connectivity index (χ4v) is 1.14. The molecule has 0 radical (unpaired) electrons. The van der Waals surface area contributed by atoms with Crippen LogP contribution in [0.2, 0.25) is 10.2 Å². The number of pyridine rings is 1. The van der Waals surface area contributed by atoms with Gasteiger partial charge in [0.05, 0.1) is 13.3 Å². The Bertz CT molecular complexity index is 346. The summed E-state index contributed by atoms with van der Waals surface area (Å²) in [5.41, 5.74) is 0.159. The van der Waals surface area contributed by atoms with E-state index in [-0.39, 0.29) is 21.5 Å². The molecule has 1 rings (SSSR count). The van der Waals surface area contributed by atoms with Crippen LogP contribution in [0.3, 0.4) is 0 Å². The Kier molecular flexibility index (Phi) is 2.74. The van der Waals surface area contributed by atoms with Crippen LogP contribution in [0.1, 0.15) is 5.56 Å². The first-order chi connectivity index (χ1) is 5.70. The van der Waals surface area contributed by atoms with Gasteiger partial charge in [0.15, 0.2) is 10.9 Å². The maximum Gasteiger partial charge on any atom is 0.159 e. The standard InChI is InChI=1S/C7H4Cl2N2O/c1-12-6-4(2-10)7(9)11-3-5(6)8/h3H,1H3. The molecule has 0 aliphatic carbocycles. The molecule has 0 bridgehead atoms. The maximum atomic E-state index is 8.64. The van der Waals surface area contributed by atoms with E-state index in [1.165, 1.54) is 13.3 Å². The van der Waals surface area contributed by atoms with Gasteiger partial charge in [-0.15, -0.1) is 0 Å². The molecular formula is C7H4Cl2N2O. The molecule has 1 aromatic rings. The van der Waals surface area contributed by atoms with Crippen LogP contribution in [0.25, 0.3) is 0 Å². The predicted octanol–water partition coefficient (Wildman–Crippen LogP) is 2.27. The summed E-state index contributed by atoms with van der Waals surface area (Å²) in [6, 6.07) is 1.85. The molecule has 1 aromatic heterocycles.